The number of nitrogens with zero attached hydrogens (tertiary/aromatic N) is 4. The number of hydrogen-bond acceptors (Lipinski definition) is 8. The zero-order chi connectivity index (χ0) is 29.1. The first-order valence-corrected chi connectivity index (χ1v) is 14.2. The smallest absolute Gasteiger partial charge is 0.320 e. The molecule has 1 heterocycles. The van der Waals surface area contributed by atoms with Crippen molar-refractivity contribution in [3.63, 3.8) is 0 Å². The predicted octanol–water partition coefficient (Wildman–Crippen LogP) is 4.23. The Morgan fingerprint density at radius 2 is 0.842 bits per heavy atom. The van der Waals surface area contributed by atoms with Gasteiger partial charge in [-0.05, 0) is 68.9 Å². The van der Waals surface area contributed by atoms with E-state index in [9.17, 15) is 4.79 Å². The monoisotopic (exact) mass is 538 g/mol. The van der Waals surface area contributed by atoms with Gasteiger partial charge in [0.1, 0.15) is 28.3 Å². The summed E-state index contributed by atoms with van der Waals surface area (Å²) in [5.41, 5.74) is -1.04. The van der Waals surface area contributed by atoms with Gasteiger partial charge in [-0.2, -0.15) is 0 Å². The molecule has 0 spiro atoms. The number of rotatable bonds is 9. The van der Waals surface area contributed by atoms with Gasteiger partial charge in [-0.25, -0.2) is 0 Å². The summed E-state index contributed by atoms with van der Waals surface area (Å²) in [7, 11) is 0. The molecule has 0 amide bonds. The Morgan fingerprint density at radius 3 is 1.13 bits per heavy atom. The van der Waals surface area contributed by atoms with E-state index in [0.29, 0.717) is 13.1 Å². The highest BCUT2D eigenvalue weighted by Gasteiger charge is 2.23. The quantitative estimate of drug-likeness (QED) is 0.319. The second kappa shape index (κ2) is 15.2. The number of carbonyl (C=O) groups excluding carboxylic acids is 1. The summed E-state index contributed by atoms with van der Waals surface area (Å²) in [6.07, 6.45) is 0. The van der Waals surface area contributed by atoms with Gasteiger partial charge in [-0.3, -0.25) is 19.5 Å². The number of likely N-dealkylation sites (N-methyl/N-ethyl adjacent to an activating group) is 1. The van der Waals surface area contributed by atoms with Crippen LogP contribution >= 0.6 is 0 Å². The van der Waals surface area contributed by atoms with Crippen LogP contribution in [-0.4, -0.2) is 121 Å². The summed E-state index contributed by atoms with van der Waals surface area (Å²) in [5.74, 6) is 1.37. The van der Waals surface area contributed by atoms with Crippen molar-refractivity contribution in [3.05, 3.63) is 24.7 Å². The molecule has 0 atom stereocenters. The van der Waals surface area contributed by atoms with Crippen LogP contribution in [-0.2, 0) is 19.0 Å². The van der Waals surface area contributed by atoms with E-state index in [1.807, 2.05) is 41.5 Å². The van der Waals surface area contributed by atoms with Crippen LogP contribution < -0.4 is 0 Å². The van der Waals surface area contributed by atoms with Crippen LogP contribution in [0.25, 0.3) is 0 Å². The lowest BCUT2D eigenvalue weighted by Crippen LogP contribution is -2.48. The lowest BCUT2D eigenvalue weighted by molar-refractivity contribution is -0.156. The summed E-state index contributed by atoms with van der Waals surface area (Å²) in [6, 6.07) is 0. The van der Waals surface area contributed by atoms with Crippen LogP contribution in [0.4, 0.5) is 0 Å². The van der Waals surface area contributed by atoms with Gasteiger partial charge in [0.05, 0.1) is 19.6 Å². The summed E-state index contributed by atoms with van der Waals surface area (Å²) in [5, 5.41) is 0. The lowest BCUT2D eigenvalue weighted by atomic mass is 10.2. The Bertz CT molecular complexity index is 703. The Hall–Kier alpha value is -1.61. The summed E-state index contributed by atoms with van der Waals surface area (Å²) in [6.45, 7) is 38.1. The molecular weight excluding hydrogens is 480 g/mol. The number of esters is 1. The first-order valence-electron chi connectivity index (χ1n) is 14.2. The van der Waals surface area contributed by atoms with Gasteiger partial charge in [-0.15, -0.1) is 0 Å². The molecule has 8 nitrogen and oxygen atoms in total. The fraction of sp³-hybridized carbons (Fsp3) is 0.833. The van der Waals surface area contributed by atoms with E-state index in [0.717, 1.165) is 70.4 Å². The topological polar surface area (TPSA) is 57.7 Å². The molecule has 0 aromatic carbocycles. The Kier molecular flexibility index (Phi) is 13.8. The molecule has 38 heavy (non-hydrogen) atoms. The molecule has 1 aliphatic rings. The highest BCUT2D eigenvalue weighted by molar-refractivity contribution is 5.72. The van der Waals surface area contributed by atoms with Gasteiger partial charge in [0.15, 0.2) is 0 Å². The van der Waals surface area contributed by atoms with Crippen molar-refractivity contribution in [1.82, 2.24) is 19.6 Å². The van der Waals surface area contributed by atoms with Crippen LogP contribution in [0.2, 0.25) is 0 Å². The van der Waals surface area contributed by atoms with E-state index in [1.165, 1.54) is 0 Å². The fourth-order valence-electron chi connectivity index (χ4n) is 4.35. The number of carbonyl (C=O) groups is 1. The predicted molar refractivity (Wildman–Crippen MR) is 157 cm³/mol. The Balaban J connectivity index is 3.03. The minimum Gasteiger partial charge on any atom is -0.492 e. The molecule has 1 fully saturated rings. The Labute approximate surface area is 233 Å². The van der Waals surface area contributed by atoms with Crippen molar-refractivity contribution in [3.8, 4) is 0 Å². The maximum Gasteiger partial charge on any atom is 0.320 e. The molecule has 8 heteroatoms. The van der Waals surface area contributed by atoms with Crippen LogP contribution in [0.15, 0.2) is 24.7 Å². The van der Waals surface area contributed by atoms with Crippen LogP contribution in [0, 0.1) is 0 Å². The van der Waals surface area contributed by atoms with Crippen molar-refractivity contribution < 1.29 is 19.0 Å². The van der Waals surface area contributed by atoms with Crippen LogP contribution in [0.5, 0.6) is 0 Å². The maximum atomic E-state index is 12.7. The average Bonchev–Trinajstić information content (AvgIpc) is 2.69. The molecule has 0 N–H and O–H groups in total. The van der Waals surface area contributed by atoms with E-state index in [2.05, 4.69) is 60.5 Å². The molecule has 0 aliphatic carbocycles. The third kappa shape index (κ3) is 17.1. The van der Waals surface area contributed by atoms with E-state index >= 15 is 0 Å². The second-order valence-electron chi connectivity index (χ2n) is 13.4. The van der Waals surface area contributed by atoms with Crippen molar-refractivity contribution in [2.75, 3.05) is 78.5 Å². The van der Waals surface area contributed by atoms with Gasteiger partial charge in [0.2, 0.25) is 0 Å². The molecule has 0 radical (unpaired) electrons. The van der Waals surface area contributed by atoms with Crippen LogP contribution in [0.3, 0.4) is 0 Å². The van der Waals surface area contributed by atoms with E-state index in [1.54, 1.807) is 0 Å². The van der Waals surface area contributed by atoms with Crippen molar-refractivity contribution in [2.45, 2.75) is 86.0 Å². The molecule has 222 valence electrons. The molecule has 1 rings (SSSR count). The van der Waals surface area contributed by atoms with E-state index < -0.39 is 5.60 Å². The van der Waals surface area contributed by atoms with Gasteiger partial charge in [0.25, 0.3) is 0 Å². The molecule has 0 aromatic heterocycles. The van der Waals surface area contributed by atoms with Crippen molar-refractivity contribution in [2.24, 2.45) is 0 Å². The SMILES string of the molecule is C=C(CN1CCN(CC)CCN(CC(=O)OC(C)(C)C)CCN(CC(=C)OC(C)(C)C)CC1)OC(C)(C)C. The molecule has 0 bridgehead atoms. The van der Waals surface area contributed by atoms with E-state index in [-0.39, 0.29) is 23.7 Å². The standard InChI is InChI=1S/C30H58N4O4/c1-13-31-14-16-32(22-25(2)36-28(4,5)6)18-19-33(23-26(3)37-29(7,8)9)20-21-34(17-15-31)24-27(35)38-30(10,11)12/h2-3,13-24H2,1,4-12H3. The average molecular weight is 539 g/mol. The summed E-state index contributed by atoms with van der Waals surface area (Å²) in [4.78, 5) is 22.1. The van der Waals surface area contributed by atoms with Gasteiger partial charge in [0, 0.05) is 52.4 Å². The van der Waals surface area contributed by atoms with Crippen molar-refractivity contribution in [1.29, 1.82) is 0 Å². The molecule has 1 aliphatic heterocycles. The lowest BCUT2D eigenvalue weighted by Gasteiger charge is -2.35. The van der Waals surface area contributed by atoms with Gasteiger partial charge >= 0.3 is 5.97 Å². The summed E-state index contributed by atoms with van der Waals surface area (Å²) < 4.78 is 17.7. The number of ether oxygens (including phenoxy) is 3. The molecule has 1 saturated heterocycles. The second-order valence-corrected chi connectivity index (χ2v) is 13.4. The Morgan fingerprint density at radius 1 is 0.553 bits per heavy atom. The fourth-order valence-corrected chi connectivity index (χ4v) is 4.35. The zero-order valence-corrected chi connectivity index (χ0v) is 26.3. The first-order chi connectivity index (χ1) is 17.3. The van der Waals surface area contributed by atoms with Gasteiger partial charge < -0.3 is 19.1 Å². The minimum absolute atomic E-state index is 0.178. The highest BCUT2D eigenvalue weighted by atomic mass is 16.6. The number of hydrogen-bond donors (Lipinski definition) is 0. The normalized spacial score (nSPS) is 18.8. The van der Waals surface area contributed by atoms with Crippen LogP contribution in [0.1, 0.15) is 69.2 Å². The zero-order valence-electron chi connectivity index (χ0n) is 26.3. The molecule has 0 saturated carbocycles. The van der Waals surface area contributed by atoms with Gasteiger partial charge in [-0.1, -0.05) is 20.1 Å². The third-order valence-corrected chi connectivity index (χ3v) is 5.85. The largest absolute Gasteiger partial charge is 0.492 e. The van der Waals surface area contributed by atoms with Crippen molar-refractivity contribution >= 4 is 5.97 Å². The first kappa shape index (κ1) is 34.4. The van der Waals surface area contributed by atoms with E-state index in [4.69, 9.17) is 14.2 Å². The molecule has 0 unspecified atom stereocenters. The molecule has 0 aromatic rings. The maximum absolute atomic E-state index is 12.7. The summed E-state index contributed by atoms with van der Waals surface area (Å²) >= 11 is 0. The highest BCUT2D eigenvalue weighted by Crippen LogP contribution is 2.16. The molecular formula is C30H58N4O4. The minimum atomic E-state index is -0.489. The third-order valence-electron chi connectivity index (χ3n) is 5.85.